The van der Waals surface area contributed by atoms with Crippen LogP contribution in [0.4, 0.5) is 0 Å². The van der Waals surface area contributed by atoms with Crippen molar-refractivity contribution in [3.05, 3.63) is 0 Å². The van der Waals surface area contributed by atoms with Crippen LogP contribution < -0.4 is 5.32 Å². The van der Waals surface area contributed by atoms with Gasteiger partial charge < -0.3 is 5.32 Å². The van der Waals surface area contributed by atoms with Gasteiger partial charge in [0.05, 0.1) is 5.75 Å². The van der Waals surface area contributed by atoms with E-state index in [2.05, 4.69) is 12.2 Å². The fourth-order valence-electron chi connectivity index (χ4n) is 2.71. The number of amides is 1. The quantitative estimate of drug-likeness (QED) is 0.295. The Kier molecular flexibility index (Phi) is 15.5. The summed E-state index contributed by atoms with van der Waals surface area (Å²) in [5, 5.41) is 2.50. The molecule has 0 spiro atoms. The van der Waals surface area contributed by atoms with E-state index in [0.29, 0.717) is 6.42 Å². The molecule has 0 unspecified atom stereocenters. The van der Waals surface area contributed by atoms with Gasteiger partial charge in [-0.25, -0.2) is 0 Å². The van der Waals surface area contributed by atoms with Crippen LogP contribution in [0.3, 0.4) is 0 Å². The summed E-state index contributed by atoms with van der Waals surface area (Å²) >= 11 is 0. The fraction of sp³-hybridized carbons (Fsp3) is 0.944. The average molecular weight is 364 g/mol. The van der Waals surface area contributed by atoms with E-state index >= 15 is 0 Å². The summed E-state index contributed by atoms with van der Waals surface area (Å²) in [7, 11) is -3.98. The van der Waals surface area contributed by atoms with Gasteiger partial charge in [-0.15, -0.1) is 0 Å². The highest BCUT2D eigenvalue weighted by molar-refractivity contribution is 7.85. The van der Waals surface area contributed by atoms with Crippen molar-refractivity contribution in [3.8, 4) is 0 Å². The summed E-state index contributed by atoms with van der Waals surface area (Å²) < 4.78 is 29.6. The zero-order valence-corrected chi connectivity index (χ0v) is 16.2. The number of rotatable bonds is 17. The van der Waals surface area contributed by atoms with Crippen molar-refractivity contribution >= 4 is 16.0 Å². The third-order valence-corrected chi connectivity index (χ3v) is 4.91. The molecule has 0 aromatic heterocycles. The molecule has 1 amide bonds. The molecule has 0 rings (SSSR count). The van der Waals surface area contributed by atoms with E-state index in [4.69, 9.17) is 4.55 Å². The first-order valence-corrected chi connectivity index (χ1v) is 11.3. The Labute approximate surface area is 148 Å². The third kappa shape index (κ3) is 19.4. The number of carbonyl (C=O) groups is 1. The van der Waals surface area contributed by atoms with Crippen molar-refractivity contribution in [3.63, 3.8) is 0 Å². The van der Waals surface area contributed by atoms with Crippen LogP contribution in [0.1, 0.15) is 96.8 Å². The minimum atomic E-state index is -3.98. The topological polar surface area (TPSA) is 83.5 Å². The summed E-state index contributed by atoms with van der Waals surface area (Å²) in [5.74, 6) is -0.557. The summed E-state index contributed by atoms with van der Waals surface area (Å²) in [5.41, 5.74) is 0. The molecule has 2 N–H and O–H groups in total. The number of unbranched alkanes of at least 4 members (excludes halogenated alkanes) is 12. The molecule has 0 radical (unpaired) electrons. The van der Waals surface area contributed by atoms with E-state index in [9.17, 15) is 13.2 Å². The second kappa shape index (κ2) is 15.9. The van der Waals surface area contributed by atoms with E-state index in [-0.39, 0.29) is 12.5 Å². The van der Waals surface area contributed by atoms with Gasteiger partial charge in [-0.3, -0.25) is 9.35 Å². The Morgan fingerprint density at radius 1 is 0.792 bits per heavy atom. The van der Waals surface area contributed by atoms with E-state index < -0.39 is 15.9 Å². The van der Waals surface area contributed by atoms with Gasteiger partial charge in [-0.05, 0) is 6.42 Å². The lowest BCUT2D eigenvalue weighted by molar-refractivity contribution is -0.121. The van der Waals surface area contributed by atoms with E-state index in [1.54, 1.807) is 0 Å². The normalized spacial score (nSPS) is 11.6. The first-order chi connectivity index (χ1) is 11.5. The second-order valence-corrected chi connectivity index (χ2v) is 8.20. The smallest absolute Gasteiger partial charge is 0.266 e. The average Bonchev–Trinajstić information content (AvgIpc) is 2.50. The SMILES string of the molecule is CCCCCCCCCCCCCCCC(=O)NCCS(=O)(=O)O. The van der Waals surface area contributed by atoms with Gasteiger partial charge in [-0.2, -0.15) is 8.42 Å². The minimum Gasteiger partial charge on any atom is -0.355 e. The zero-order valence-electron chi connectivity index (χ0n) is 15.4. The molecule has 0 heterocycles. The van der Waals surface area contributed by atoms with Crippen LogP contribution in [0.25, 0.3) is 0 Å². The molecular weight excluding hydrogens is 326 g/mol. The highest BCUT2D eigenvalue weighted by Crippen LogP contribution is 2.12. The van der Waals surface area contributed by atoms with Crippen LogP contribution >= 0.6 is 0 Å². The maximum atomic E-state index is 11.4. The summed E-state index contributed by atoms with van der Waals surface area (Å²) in [6.45, 7) is 2.23. The van der Waals surface area contributed by atoms with Crippen molar-refractivity contribution in [2.75, 3.05) is 12.3 Å². The Hall–Kier alpha value is -0.620. The molecule has 0 atom stereocenters. The monoisotopic (exact) mass is 363 g/mol. The Morgan fingerprint density at radius 3 is 1.62 bits per heavy atom. The van der Waals surface area contributed by atoms with Crippen LogP contribution in [0.2, 0.25) is 0 Å². The maximum absolute atomic E-state index is 11.4. The Morgan fingerprint density at radius 2 is 1.21 bits per heavy atom. The maximum Gasteiger partial charge on any atom is 0.266 e. The molecule has 0 aliphatic carbocycles. The van der Waals surface area contributed by atoms with Gasteiger partial charge in [0, 0.05) is 13.0 Å². The Bertz CT molecular complexity index is 396. The molecule has 0 aliphatic heterocycles. The number of hydrogen-bond acceptors (Lipinski definition) is 3. The van der Waals surface area contributed by atoms with Crippen LogP contribution in [0.15, 0.2) is 0 Å². The molecule has 0 aromatic carbocycles. The molecule has 0 aliphatic rings. The largest absolute Gasteiger partial charge is 0.355 e. The van der Waals surface area contributed by atoms with Gasteiger partial charge in [0.2, 0.25) is 5.91 Å². The molecule has 6 heteroatoms. The van der Waals surface area contributed by atoms with Gasteiger partial charge >= 0.3 is 0 Å². The molecule has 0 saturated carbocycles. The standard InChI is InChI=1S/C18H37NO4S/c1-2-3-4-5-6-7-8-9-10-11-12-13-14-15-18(20)19-16-17-24(21,22)23/h2-17H2,1H3,(H,19,20)(H,21,22,23). The fourth-order valence-corrected chi connectivity index (χ4v) is 3.07. The van der Waals surface area contributed by atoms with Crippen LogP contribution in [-0.2, 0) is 14.9 Å². The second-order valence-electron chi connectivity index (χ2n) is 6.63. The molecule has 0 fully saturated rings. The van der Waals surface area contributed by atoms with E-state index in [1.807, 2.05) is 0 Å². The van der Waals surface area contributed by atoms with Crippen molar-refractivity contribution in [1.29, 1.82) is 0 Å². The predicted molar refractivity (Wildman–Crippen MR) is 99.7 cm³/mol. The molecule has 0 bridgehead atoms. The van der Waals surface area contributed by atoms with Gasteiger partial charge in [-0.1, -0.05) is 84.0 Å². The zero-order chi connectivity index (χ0) is 18.1. The molecule has 0 saturated heterocycles. The molecule has 5 nitrogen and oxygen atoms in total. The Balaban J connectivity index is 3.20. The molecule has 144 valence electrons. The lowest BCUT2D eigenvalue weighted by atomic mass is 10.0. The summed E-state index contributed by atoms with van der Waals surface area (Å²) in [6, 6.07) is 0. The van der Waals surface area contributed by atoms with Gasteiger partial charge in [0.1, 0.15) is 0 Å². The summed E-state index contributed by atoms with van der Waals surface area (Å²) in [6.07, 6.45) is 16.9. The first-order valence-electron chi connectivity index (χ1n) is 9.67. The van der Waals surface area contributed by atoms with Crippen molar-refractivity contribution in [2.24, 2.45) is 0 Å². The van der Waals surface area contributed by atoms with Crippen molar-refractivity contribution < 1.29 is 17.8 Å². The molecule has 0 aromatic rings. The van der Waals surface area contributed by atoms with Crippen LogP contribution in [-0.4, -0.2) is 31.2 Å². The van der Waals surface area contributed by atoms with Crippen molar-refractivity contribution in [2.45, 2.75) is 96.8 Å². The highest BCUT2D eigenvalue weighted by atomic mass is 32.2. The lowest BCUT2D eigenvalue weighted by Crippen LogP contribution is -2.28. The van der Waals surface area contributed by atoms with Crippen LogP contribution in [0.5, 0.6) is 0 Å². The number of nitrogens with one attached hydrogen (secondary N) is 1. The number of carbonyl (C=O) groups excluding carboxylic acids is 1. The van der Waals surface area contributed by atoms with Gasteiger partial charge in [0.25, 0.3) is 10.1 Å². The minimum absolute atomic E-state index is 0.0177. The third-order valence-electron chi connectivity index (χ3n) is 4.19. The molecular formula is C18H37NO4S. The number of hydrogen-bond donors (Lipinski definition) is 2. The van der Waals surface area contributed by atoms with E-state index in [1.165, 1.54) is 64.2 Å². The predicted octanol–water partition coefficient (Wildman–Crippen LogP) is 4.47. The van der Waals surface area contributed by atoms with Crippen molar-refractivity contribution in [1.82, 2.24) is 5.32 Å². The molecule has 24 heavy (non-hydrogen) atoms. The first kappa shape index (κ1) is 23.4. The van der Waals surface area contributed by atoms with Crippen LogP contribution in [0, 0.1) is 0 Å². The van der Waals surface area contributed by atoms with E-state index in [0.717, 1.165) is 19.3 Å². The van der Waals surface area contributed by atoms with Gasteiger partial charge in [0.15, 0.2) is 0 Å². The lowest BCUT2D eigenvalue weighted by Gasteiger charge is -2.04. The highest BCUT2D eigenvalue weighted by Gasteiger charge is 2.06. The summed E-state index contributed by atoms with van der Waals surface area (Å²) in [4.78, 5) is 11.4.